The first-order valence-electron chi connectivity index (χ1n) is 10.5. The number of fused-ring (bicyclic) bond motifs is 2. The van der Waals surface area contributed by atoms with Crippen LogP contribution in [0.1, 0.15) is 10.4 Å². The lowest BCUT2D eigenvalue weighted by Crippen LogP contribution is -2.34. The van der Waals surface area contributed by atoms with Crippen molar-refractivity contribution in [3.8, 4) is 0 Å². The minimum atomic E-state index is -0.312. The van der Waals surface area contributed by atoms with Crippen molar-refractivity contribution in [2.75, 3.05) is 36.5 Å². The number of aromatic nitrogens is 2. The monoisotopic (exact) mass is 431 g/mol. The lowest BCUT2D eigenvalue weighted by Gasteiger charge is -2.22. The number of anilines is 2. The SMILES string of the molecule is N=C/C=N\Nc1ccccc1C(=O)N1CC2CN(c3ncc4ccc(F)cc4n3)CC2C1. The molecule has 2 fully saturated rings. The van der Waals surface area contributed by atoms with Crippen molar-refractivity contribution < 1.29 is 9.18 Å². The van der Waals surface area contributed by atoms with Crippen LogP contribution in [0.4, 0.5) is 16.0 Å². The topological polar surface area (TPSA) is 97.6 Å². The summed E-state index contributed by atoms with van der Waals surface area (Å²) in [7, 11) is 0. The number of nitrogens with zero attached hydrogens (tertiary/aromatic N) is 5. The van der Waals surface area contributed by atoms with E-state index in [1.165, 1.54) is 18.3 Å². The van der Waals surface area contributed by atoms with Gasteiger partial charge in [-0.3, -0.25) is 10.2 Å². The molecule has 2 aromatic carbocycles. The Labute approximate surface area is 184 Å². The Morgan fingerprint density at radius 3 is 2.72 bits per heavy atom. The number of carbonyl (C=O) groups excluding carboxylic acids is 1. The maximum absolute atomic E-state index is 13.6. The van der Waals surface area contributed by atoms with Gasteiger partial charge in [0.1, 0.15) is 5.82 Å². The fourth-order valence-corrected chi connectivity index (χ4v) is 4.54. The lowest BCUT2D eigenvalue weighted by molar-refractivity contribution is 0.0783. The number of hydrogen-bond donors (Lipinski definition) is 2. The second-order valence-electron chi connectivity index (χ2n) is 8.11. The number of hydrazone groups is 1. The first-order valence-corrected chi connectivity index (χ1v) is 10.5. The predicted molar refractivity (Wildman–Crippen MR) is 122 cm³/mol. The Hall–Kier alpha value is -3.88. The van der Waals surface area contributed by atoms with Crippen LogP contribution >= 0.6 is 0 Å². The average Bonchev–Trinajstić information content (AvgIpc) is 3.38. The molecule has 2 saturated heterocycles. The molecule has 162 valence electrons. The summed E-state index contributed by atoms with van der Waals surface area (Å²) < 4.78 is 13.6. The maximum atomic E-state index is 13.6. The molecule has 3 heterocycles. The normalized spacial score (nSPS) is 20.2. The molecule has 0 spiro atoms. The fraction of sp³-hybridized carbons (Fsp3) is 0.261. The largest absolute Gasteiger partial charge is 0.340 e. The molecule has 2 unspecified atom stereocenters. The zero-order valence-corrected chi connectivity index (χ0v) is 17.3. The van der Waals surface area contributed by atoms with Crippen LogP contribution in [0.15, 0.2) is 53.8 Å². The predicted octanol–water partition coefficient (Wildman–Crippen LogP) is 3.02. The molecule has 2 atom stereocenters. The van der Waals surface area contributed by atoms with E-state index < -0.39 is 0 Å². The third-order valence-electron chi connectivity index (χ3n) is 6.08. The number of nitrogens with one attached hydrogen (secondary N) is 2. The Bertz CT molecular complexity index is 1200. The van der Waals surface area contributed by atoms with Gasteiger partial charge in [0.2, 0.25) is 5.95 Å². The van der Waals surface area contributed by atoms with E-state index in [0.29, 0.717) is 47.6 Å². The Kier molecular flexibility index (Phi) is 5.22. The number of halogens is 1. The molecular formula is C23H22FN7O. The van der Waals surface area contributed by atoms with Crippen LogP contribution < -0.4 is 10.3 Å². The number of para-hydroxylation sites is 1. The van der Waals surface area contributed by atoms with Crippen LogP contribution in [0, 0.1) is 23.1 Å². The Morgan fingerprint density at radius 1 is 1.16 bits per heavy atom. The van der Waals surface area contributed by atoms with Crippen molar-refractivity contribution in [1.29, 1.82) is 5.41 Å². The van der Waals surface area contributed by atoms with Crippen LogP contribution in [0.2, 0.25) is 0 Å². The van der Waals surface area contributed by atoms with Crippen molar-refractivity contribution in [2.24, 2.45) is 16.9 Å². The molecule has 8 nitrogen and oxygen atoms in total. The number of hydrogen-bond acceptors (Lipinski definition) is 7. The molecule has 2 aliphatic heterocycles. The highest BCUT2D eigenvalue weighted by Crippen LogP contribution is 2.34. The van der Waals surface area contributed by atoms with Crippen molar-refractivity contribution in [1.82, 2.24) is 14.9 Å². The number of benzene rings is 2. The van der Waals surface area contributed by atoms with Crippen molar-refractivity contribution in [3.05, 3.63) is 60.0 Å². The van der Waals surface area contributed by atoms with Gasteiger partial charge in [-0.15, -0.1) is 0 Å². The summed E-state index contributed by atoms with van der Waals surface area (Å²) in [6.07, 6.45) is 4.12. The van der Waals surface area contributed by atoms with Gasteiger partial charge in [-0.05, 0) is 24.3 Å². The van der Waals surface area contributed by atoms with E-state index in [9.17, 15) is 9.18 Å². The molecule has 2 aliphatic rings. The molecule has 5 rings (SSSR count). The minimum absolute atomic E-state index is 0.0310. The molecule has 32 heavy (non-hydrogen) atoms. The standard InChI is InChI=1S/C23H22FN7O/c24-18-6-5-15-10-26-23(28-21(15)9-18)31-13-16-11-30(12-17(16)14-31)22(32)19-3-1-2-4-20(19)29-27-8-7-25/h1-10,16-17,25,29H,11-14H2/b25-7?,27-8-. The van der Waals surface area contributed by atoms with Crippen LogP contribution in [0.5, 0.6) is 0 Å². The molecule has 0 saturated carbocycles. The second-order valence-corrected chi connectivity index (χ2v) is 8.11. The summed E-state index contributed by atoms with van der Waals surface area (Å²) in [5.41, 5.74) is 4.61. The van der Waals surface area contributed by atoms with E-state index >= 15 is 0 Å². The zero-order valence-electron chi connectivity index (χ0n) is 17.3. The molecule has 2 N–H and O–H groups in total. The highest BCUT2D eigenvalue weighted by Gasteiger charge is 2.42. The van der Waals surface area contributed by atoms with Crippen LogP contribution in [-0.2, 0) is 0 Å². The van der Waals surface area contributed by atoms with Crippen LogP contribution in [0.25, 0.3) is 10.9 Å². The summed E-state index contributed by atoms with van der Waals surface area (Å²) in [4.78, 5) is 26.2. The first kappa shape index (κ1) is 20.0. The molecule has 3 aromatic rings. The summed E-state index contributed by atoms with van der Waals surface area (Å²) in [6, 6.07) is 11.8. The maximum Gasteiger partial charge on any atom is 0.256 e. The number of likely N-dealkylation sites (tertiary alicyclic amines) is 1. The van der Waals surface area contributed by atoms with Crippen LogP contribution in [-0.4, -0.2) is 59.4 Å². The van der Waals surface area contributed by atoms with Gasteiger partial charge in [-0.2, -0.15) is 5.10 Å². The number of carbonyl (C=O) groups is 1. The molecule has 0 radical (unpaired) electrons. The van der Waals surface area contributed by atoms with Gasteiger partial charge >= 0.3 is 0 Å². The van der Waals surface area contributed by atoms with E-state index in [0.717, 1.165) is 24.7 Å². The van der Waals surface area contributed by atoms with Gasteiger partial charge in [0.05, 0.1) is 23.0 Å². The Morgan fingerprint density at radius 2 is 1.94 bits per heavy atom. The zero-order chi connectivity index (χ0) is 22.1. The van der Waals surface area contributed by atoms with Gasteiger partial charge in [0, 0.05) is 61.9 Å². The quantitative estimate of drug-likeness (QED) is 0.478. The van der Waals surface area contributed by atoms with E-state index in [4.69, 9.17) is 5.41 Å². The molecule has 1 aromatic heterocycles. The van der Waals surface area contributed by atoms with Gasteiger partial charge in [0.25, 0.3) is 5.91 Å². The third kappa shape index (κ3) is 3.77. The minimum Gasteiger partial charge on any atom is -0.340 e. The number of amides is 1. The number of rotatable bonds is 5. The molecule has 1 amide bonds. The average molecular weight is 431 g/mol. The van der Waals surface area contributed by atoms with Crippen molar-refractivity contribution >= 4 is 40.9 Å². The molecule has 0 aliphatic carbocycles. The molecule has 9 heteroatoms. The van der Waals surface area contributed by atoms with Gasteiger partial charge in [0.15, 0.2) is 0 Å². The Balaban J connectivity index is 1.28. The molecular weight excluding hydrogens is 409 g/mol. The third-order valence-corrected chi connectivity index (χ3v) is 6.08. The van der Waals surface area contributed by atoms with E-state index in [-0.39, 0.29) is 11.7 Å². The van der Waals surface area contributed by atoms with Gasteiger partial charge in [-0.1, -0.05) is 12.1 Å². The van der Waals surface area contributed by atoms with Crippen molar-refractivity contribution in [2.45, 2.75) is 0 Å². The fourth-order valence-electron chi connectivity index (χ4n) is 4.54. The highest BCUT2D eigenvalue weighted by molar-refractivity contribution is 6.14. The van der Waals surface area contributed by atoms with E-state index in [1.54, 1.807) is 24.4 Å². The molecule has 0 bridgehead atoms. The van der Waals surface area contributed by atoms with E-state index in [2.05, 4.69) is 25.4 Å². The summed E-state index contributed by atoms with van der Waals surface area (Å²) in [5, 5.41) is 11.8. The summed E-state index contributed by atoms with van der Waals surface area (Å²) in [5.74, 6) is 0.932. The van der Waals surface area contributed by atoms with Crippen molar-refractivity contribution in [3.63, 3.8) is 0 Å². The van der Waals surface area contributed by atoms with Gasteiger partial charge in [-0.25, -0.2) is 14.4 Å². The first-order chi connectivity index (χ1) is 15.6. The smallest absolute Gasteiger partial charge is 0.256 e. The van der Waals surface area contributed by atoms with Crippen LogP contribution in [0.3, 0.4) is 0 Å². The summed E-state index contributed by atoms with van der Waals surface area (Å²) >= 11 is 0. The highest BCUT2D eigenvalue weighted by atomic mass is 19.1. The summed E-state index contributed by atoms with van der Waals surface area (Å²) in [6.45, 7) is 2.86. The van der Waals surface area contributed by atoms with Gasteiger partial charge < -0.3 is 15.2 Å². The lowest BCUT2D eigenvalue weighted by atomic mass is 10.0. The van der Waals surface area contributed by atoms with E-state index in [1.807, 2.05) is 17.0 Å². The second kappa shape index (κ2) is 8.33.